The van der Waals surface area contributed by atoms with Crippen molar-refractivity contribution in [2.45, 2.75) is 19.4 Å². The molecule has 2 aromatic carbocycles. The lowest BCUT2D eigenvalue weighted by molar-refractivity contribution is -0.675. The van der Waals surface area contributed by atoms with Crippen LogP contribution < -0.4 is 10.1 Å². The van der Waals surface area contributed by atoms with Crippen molar-refractivity contribution in [1.82, 2.24) is 0 Å². The molecule has 1 aliphatic heterocycles. The number of benzene rings is 2. The van der Waals surface area contributed by atoms with Gasteiger partial charge in [-0.1, -0.05) is 12.1 Å². The van der Waals surface area contributed by atoms with Gasteiger partial charge in [-0.2, -0.15) is 0 Å². The van der Waals surface area contributed by atoms with E-state index < -0.39 is 0 Å². The summed E-state index contributed by atoms with van der Waals surface area (Å²) in [4.78, 5) is 0. The minimum atomic E-state index is 0.187. The first-order valence-corrected chi connectivity index (χ1v) is 7.11. The van der Waals surface area contributed by atoms with Crippen LogP contribution in [-0.4, -0.2) is 23.9 Å². The number of fused-ring (bicyclic) bond motifs is 1. The van der Waals surface area contributed by atoms with E-state index in [0.717, 1.165) is 24.2 Å². The Morgan fingerprint density at radius 1 is 1.14 bits per heavy atom. The highest BCUT2D eigenvalue weighted by Gasteiger charge is 2.26. The van der Waals surface area contributed by atoms with Gasteiger partial charge in [0.25, 0.3) is 0 Å². The fourth-order valence-corrected chi connectivity index (χ4v) is 3.04. The topological polar surface area (TPSA) is 66.3 Å². The average Bonchev–Trinajstić information content (AvgIpc) is 2.48. The number of phenolic OH excluding ortho intramolecular Hbond substituents is 2. The Bertz CT molecular complexity index is 682. The van der Waals surface area contributed by atoms with Crippen LogP contribution in [0.25, 0.3) is 0 Å². The Kier molecular flexibility index (Phi) is 3.47. The molecule has 3 rings (SSSR count). The second kappa shape index (κ2) is 5.30. The van der Waals surface area contributed by atoms with E-state index in [1.807, 2.05) is 25.1 Å². The average molecular weight is 286 g/mol. The van der Waals surface area contributed by atoms with Crippen molar-refractivity contribution < 1.29 is 20.3 Å². The van der Waals surface area contributed by atoms with E-state index in [0.29, 0.717) is 11.5 Å². The molecular formula is C17H20NO3+. The van der Waals surface area contributed by atoms with Crippen LogP contribution in [0, 0.1) is 6.92 Å². The number of hydrogen-bond acceptors (Lipinski definition) is 3. The van der Waals surface area contributed by atoms with Gasteiger partial charge in [0.1, 0.15) is 12.3 Å². The van der Waals surface area contributed by atoms with Crippen LogP contribution >= 0.6 is 0 Å². The molecule has 0 amide bonds. The van der Waals surface area contributed by atoms with E-state index in [9.17, 15) is 10.2 Å². The van der Waals surface area contributed by atoms with Gasteiger partial charge in [0, 0.05) is 5.56 Å². The Labute approximate surface area is 124 Å². The van der Waals surface area contributed by atoms with Crippen molar-refractivity contribution in [3.8, 4) is 17.2 Å². The molecule has 1 aliphatic rings. The number of aryl methyl sites for hydroxylation is 1. The molecule has 1 heterocycles. The number of quaternary nitrogens is 1. The summed E-state index contributed by atoms with van der Waals surface area (Å²) in [5.41, 5.74) is 4.38. The van der Waals surface area contributed by atoms with Crippen LogP contribution in [0.5, 0.6) is 17.2 Å². The summed E-state index contributed by atoms with van der Waals surface area (Å²) in [6.45, 7) is 3.72. The fraction of sp³-hybridized carbons (Fsp3) is 0.294. The van der Waals surface area contributed by atoms with E-state index in [-0.39, 0.29) is 11.7 Å². The van der Waals surface area contributed by atoms with E-state index in [2.05, 4.69) is 5.32 Å². The summed E-state index contributed by atoms with van der Waals surface area (Å²) in [5.74, 6) is 1.26. The zero-order valence-electron chi connectivity index (χ0n) is 12.3. The highest BCUT2D eigenvalue weighted by Crippen LogP contribution is 2.37. The lowest BCUT2D eigenvalue weighted by Crippen LogP contribution is -2.85. The summed E-state index contributed by atoms with van der Waals surface area (Å²) in [6.07, 6.45) is 0. The van der Waals surface area contributed by atoms with E-state index in [1.165, 1.54) is 11.1 Å². The summed E-state index contributed by atoms with van der Waals surface area (Å²) in [6, 6.07) is 9.47. The van der Waals surface area contributed by atoms with Crippen LogP contribution in [-0.2, 0) is 6.54 Å². The first-order chi connectivity index (χ1) is 10.1. The van der Waals surface area contributed by atoms with E-state index in [1.54, 1.807) is 19.2 Å². The van der Waals surface area contributed by atoms with Gasteiger partial charge in [0.05, 0.1) is 19.6 Å². The SMILES string of the molecule is COc1cc2c(cc1O)C[NH2+]C[C@@H]2c1ccc(O)c(C)c1. The van der Waals surface area contributed by atoms with Gasteiger partial charge in [-0.15, -0.1) is 0 Å². The largest absolute Gasteiger partial charge is 0.508 e. The van der Waals surface area contributed by atoms with Crippen LogP contribution in [0.4, 0.5) is 0 Å². The first kappa shape index (κ1) is 13.8. The zero-order chi connectivity index (χ0) is 15.0. The number of rotatable bonds is 2. The van der Waals surface area contributed by atoms with Crippen LogP contribution in [0.2, 0.25) is 0 Å². The lowest BCUT2D eigenvalue weighted by Gasteiger charge is -2.25. The molecule has 4 N–H and O–H groups in total. The molecule has 0 saturated heterocycles. The van der Waals surface area contributed by atoms with Gasteiger partial charge in [0.2, 0.25) is 0 Å². The van der Waals surface area contributed by atoms with Gasteiger partial charge in [-0.05, 0) is 41.8 Å². The molecule has 2 aromatic rings. The minimum absolute atomic E-state index is 0.187. The summed E-state index contributed by atoms with van der Waals surface area (Å²) in [7, 11) is 1.57. The van der Waals surface area contributed by atoms with Crippen molar-refractivity contribution in [2.24, 2.45) is 0 Å². The predicted molar refractivity (Wildman–Crippen MR) is 79.8 cm³/mol. The molecular weight excluding hydrogens is 266 g/mol. The molecule has 0 aliphatic carbocycles. The highest BCUT2D eigenvalue weighted by atomic mass is 16.5. The van der Waals surface area contributed by atoms with Gasteiger partial charge in [-0.3, -0.25) is 0 Å². The van der Waals surface area contributed by atoms with E-state index >= 15 is 0 Å². The maximum Gasteiger partial charge on any atom is 0.160 e. The fourth-order valence-electron chi connectivity index (χ4n) is 3.04. The molecule has 0 unspecified atom stereocenters. The van der Waals surface area contributed by atoms with Crippen molar-refractivity contribution in [1.29, 1.82) is 0 Å². The number of nitrogens with two attached hydrogens (primary N) is 1. The second-order valence-electron chi connectivity index (χ2n) is 5.55. The molecule has 0 spiro atoms. The highest BCUT2D eigenvalue weighted by molar-refractivity contribution is 5.51. The van der Waals surface area contributed by atoms with Gasteiger partial charge < -0.3 is 20.3 Å². The number of hydrogen-bond donors (Lipinski definition) is 3. The Hall–Kier alpha value is -2.20. The number of phenols is 2. The maximum atomic E-state index is 9.93. The van der Waals surface area contributed by atoms with Gasteiger partial charge in [-0.25, -0.2) is 0 Å². The van der Waals surface area contributed by atoms with Crippen LogP contribution in [0.1, 0.15) is 28.2 Å². The lowest BCUT2D eigenvalue weighted by atomic mass is 9.84. The van der Waals surface area contributed by atoms with Crippen molar-refractivity contribution in [2.75, 3.05) is 13.7 Å². The van der Waals surface area contributed by atoms with Gasteiger partial charge in [0.15, 0.2) is 11.5 Å². The third kappa shape index (κ3) is 2.43. The smallest absolute Gasteiger partial charge is 0.160 e. The molecule has 4 heteroatoms. The molecule has 0 radical (unpaired) electrons. The number of aromatic hydroxyl groups is 2. The van der Waals surface area contributed by atoms with Crippen LogP contribution in [0.3, 0.4) is 0 Å². The third-order valence-electron chi connectivity index (χ3n) is 4.21. The Morgan fingerprint density at radius 3 is 2.67 bits per heavy atom. The van der Waals surface area contributed by atoms with Crippen LogP contribution in [0.15, 0.2) is 30.3 Å². The van der Waals surface area contributed by atoms with E-state index in [4.69, 9.17) is 4.74 Å². The number of methoxy groups -OCH3 is 1. The second-order valence-corrected chi connectivity index (χ2v) is 5.55. The molecule has 0 aromatic heterocycles. The van der Waals surface area contributed by atoms with Crippen molar-refractivity contribution in [3.63, 3.8) is 0 Å². The van der Waals surface area contributed by atoms with Crippen molar-refractivity contribution in [3.05, 3.63) is 52.6 Å². The normalized spacial score (nSPS) is 17.3. The molecule has 0 saturated carbocycles. The number of ether oxygens (including phenoxy) is 1. The third-order valence-corrected chi connectivity index (χ3v) is 4.21. The summed E-state index contributed by atoms with van der Waals surface area (Å²) >= 11 is 0. The molecule has 0 bridgehead atoms. The van der Waals surface area contributed by atoms with Gasteiger partial charge >= 0.3 is 0 Å². The minimum Gasteiger partial charge on any atom is -0.508 e. The molecule has 4 nitrogen and oxygen atoms in total. The maximum absolute atomic E-state index is 9.93. The monoisotopic (exact) mass is 286 g/mol. The standard InChI is InChI=1S/C17H19NO3/c1-10-5-11(3-4-15(10)19)14-9-18-8-12-6-16(20)17(21-2)7-13(12)14/h3-7,14,18-20H,8-9H2,1-2H3/p+1/t14-/m1/s1. The summed E-state index contributed by atoms with van der Waals surface area (Å²) in [5, 5.41) is 21.9. The molecule has 21 heavy (non-hydrogen) atoms. The quantitative estimate of drug-likeness (QED) is 0.786. The Morgan fingerprint density at radius 2 is 1.95 bits per heavy atom. The molecule has 110 valence electrons. The van der Waals surface area contributed by atoms with Crippen molar-refractivity contribution >= 4 is 0 Å². The Balaban J connectivity index is 2.09. The first-order valence-electron chi connectivity index (χ1n) is 7.11. The molecule has 1 atom stereocenters. The molecule has 0 fully saturated rings. The zero-order valence-corrected chi connectivity index (χ0v) is 12.3. The summed E-state index contributed by atoms with van der Waals surface area (Å²) < 4.78 is 5.24. The predicted octanol–water partition coefficient (Wildman–Crippen LogP) is 1.62.